The second-order valence-corrected chi connectivity index (χ2v) is 4.94. The van der Waals surface area contributed by atoms with Gasteiger partial charge in [0.2, 0.25) is 5.91 Å². The van der Waals surface area contributed by atoms with Crippen molar-refractivity contribution in [1.29, 1.82) is 0 Å². The third-order valence-corrected chi connectivity index (χ3v) is 3.37. The van der Waals surface area contributed by atoms with E-state index < -0.39 is 0 Å². The van der Waals surface area contributed by atoms with Gasteiger partial charge in [-0.05, 0) is 30.2 Å². The van der Waals surface area contributed by atoms with Gasteiger partial charge in [-0.3, -0.25) is 4.79 Å². The molecule has 0 atom stereocenters. The lowest BCUT2D eigenvalue weighted by Gasteiger charge is -2.11. The molecule has 4 heteroatoms. The Kier molecular flexibility index (Phi) is 5.01. The number of nitrogens with one attached hydrogen (secondary N) is 1. The molecule has 0 aliphatic rings. The van der Waals surface area contributed by atoms with Crippen LogP contribution in [0.25, 0.3) is 6.08 Å². The number of aryl methyl sites for hydroxylation is 1. The molecule has 0 spiro atoms. The monoisotopic (exact) mass is 301 g/mol. The minimum atomic E-state index is -0.223. The Balaban J connectivity index is 2.13. The second kappa shape index (κ2) is 6.95. The van der Waals surface area contributed by atoms with Gasteiger partial charge in [0.1, 0.15) is 5.75 Å². The fraction of sp³-hybridized carbons (Fsp3) is 0.118. The molecule has 2 rings (SSSR count). The summed E-state index contributed by atoms with van der Waals surface area (Å²) in [6.07, 6.45) is 3.24. The average Bonchev–Trinajstić information content (AvgIpc) is 2.49. The van der Waals surface area contributed by atoms with Crippen LogP contribution in [-0.4, -0.2) is 13.0 Å². The Morgan fingerprint density at radius 1 is 1.24 bits per heavy atom. The number of methoxy groups -OCH3 is 1. The van der Waals surface area contributed by atoms with Gasteiger partial charge < -0.3 is 10.1 Å². The number of ether oxygens (including phenoxy) is 1. The summed E-state index contributed by atoms with van der Waals surface area (Å²) < 4.78 is 5.22. The van der Waals surface area contributed by atoms with Crippen molar-refractivity contribution in [2.75, 3.05) is 12.4 Å². The summed E-state index contributed by atoms with van der Waals surface area (Å²) in [5.41, 5.74) is 2.44. The summed E-state index contributed by atoms with van der Waals surface area (Å²) in [5.74, 6) is 0.311. The number of hydrogen-bond acceptors (Lipinski definition) is 2. The van der Waals surface area contributed by atoms with E-state index in [0.29, 0.717) is 16.5 Å². The van der Waals surface area contributed by atoms with E-state index in [9.17, 15) is 4.79 Å². The van der Waals surface area contributed by atoms with E-state index in [2.05, 4.69) is 5.32 Å². The van der Waals surface area contributed by atoms with Crippen molar-refractivity contribution in [2.24, 2.45) is 0 Å². The molecule has 21 heavy (non-hydrogen) atoms. The standard InChI is InChI=1S/C17H16ClNO2/c1-12-10-15(16(21-2)11-14(12)18)19-17(20)9-8-13-6-4-3-5-7-13/h3-11H,1-2H3,(H,19,20)/b9-8-. The molecular weight excluding hydrogens is 286 g/mol. The molecule has 1 amide bonds. The number of carbonyl (C=O) groups excluding carboxylic acids is 1. The first-order valence-corrected chi connectivity index (χ1v) is 6.86. The van der Waals surface area contributed by atoms with Crippen LogP contribution in [0.15, 0.2) is 48.5 Å². The van der Waals surface area contributed by atoms with Gasteiger partial charge in [0.05, 0.1) is 12.8 Å². The van der Waals surface area contributed by atoms with E-state index in [1.54, 1.807) is 18.2 Å². The van der Waals surface area contributed by atoms with E-state index in [-0.39, 0.29) is 5.91 Å². The number of benzene rings is 2. The molecule has 2 aromatic carbocycles. The summed E-state index contributed by atoms with van der Waals surface area (Å²) in [4.78, 5) is 12.0. The van der Waals surface area contributed by atoms with Gasteiger partial charge in [0.25, 0.3) is 0 Å². The van der Waals surface area contributed by atoms with Crippen molar-refractivity contribution in [2.45, 2.75) is 6.92 Å². The molecule has 2 aromatic rings. The Hall–Kier alpha value is -2.26. The molecule has 0 aliphatic heterocycles. The highest BCUT2D eigenvalue weighted by atomic mass is 35.5. The lowest BCUT2D eigenvalue weighted by atomic mass is 10.2. The van der Waals surface area contributed by atoms with Crippen molar-refractivity contribution < 1.29 is 9.53 Å². The average molecular weight is 302 g/mol. The molecular formula is C17H16ClNO2. The molecule has 0 fully saturated rings. The van der Waals surface area contributed by atoms with Crippen LogP contribution >= 0.6 is 11.6 Å². The molecule has 0 aliphatic carbocycles. The van der Waals surface area contributed by atoms with E-state index in [0.717, 1.165) is 11.1 Å². The Labute approximate surface area is 129 Å². The normalized spacial score (nSPS) is 10.6. The quantitative estimate of drug-likeness (QED) is 0.855. The summed E-state index contributed by atoms with van der Waals surface area (Å²) >= 11 is 6.04. The van der Waals surface area contributed by atoms with Gasteiger partial charge >= 0.3 is 0 Å². The van der Waals surface area contributed by atoms with E-state index in [1.807, 2.05) is 37.3 Å². The predicted molar refractivity (Wildman–Crippen MR) is 86.8 cm³/mol. The van der Waals surface area contributed by atoms with Crippen molar-refractivity contribution >= 4 is 29.3 Å². The minimum Gasteiger partial charge on any atom is -0.495 e. The van der Waals surface area contributed by atoms with Crippen LogP contribution in [0.3, 0.4) is 0 Å². The number of amides is 1. The van der Waals surface area contributed by atoms with Crippen molar-refractivity contribution in [3.63, 3.8) is 0 Å². The molecule has 1 N–H and O–H groups in total. The van der Waals surface area contributed by atoms with Gasteiger partial charge in [-0.25, -0.2) is 0 Å². The summed E-state index contributed by atoms with van der Waals surface area (Å²) in [7, 11) is 1.54. The fourth-order valence-electron chi connectivity index (χ4n) is 1.84. The Morgan fingerprint density at radius 2 is 1.95 bits per heavy atom. The summed E-state index contributed by atoms with van der Waals surface area (Å²) in [6, 6.07) is 13.1. The zero-order valence-corrected chi connectivity index (χ0v) is 12.6. The highest BCUT2D eigenvalue weighted by Crippen LogP contribution is 2.30. The van der Waals surface area contributed by atoms with Crippen LogP contribution in [0.4, 0.5) is 5.69 Å². The summed E-state index contributed by atoms with van der Waals surface area (Å²) in [5, 5.41) is 3.39. The number of anilines is 1. The fourth-order valence-corrected chi connectivity index (χ4v) is 1.99. The first-order valence-electron chi connectivity index (χ1n) is 6.48. The third kappa shape index (κ3) is 4.10. The Morgan fingerprint density at radius 3 is 2.62 bits per heavy atom. The summed E-state index contributed by atoms with van der Waals surface area (Å²) in [6.45, 7) is 1.87. The maximum Gasteiger partial charge on any atom is 0.248 e. The largest absolute Gasteiger partial charge is 0.495 e. The first kappa shape index (κ1) is 15.1. The molecule has 0 saturated heterocycles. The van der Waals surface area contributed by atoms with Crippen LogP contribution in [0.5, 0.6) is 5.75 Å². The van der Waals surface area contributed by atoms with Crippen LogP contribution in [0.1, 0.15) is 11.1 Å². The highest BCUT2D eigenvalue weighted by molar-refractivity contribution is 6.31. The van der Waals surface area contributed by atoms with Crippen molar-refractivity contribution in [3.05, 3.63) is 64.7 Å². The molecule has 0 bridgehead atoms. The maximum atomic E-state index is 12.0. The molecule has 0 radical (unpaired) electrons. The number of halogens is 1. The van der Waals surface area contributed by atoms with Gasteiger partial charge in [-0.1, -0.05) is 41.9 Å². The second-order valence-electron chi connectivity index (χ2n) is 4.53. The van der Waals surface area contributed by atoms with Gasteiger partial charge in [-0.2, -0.15) is 0 Å². The molecule has 3 nitrogen and oxygen atoms in total. The van der Waals surface area contributed by atoms with Crippen LogP contribution in [-0.2, 0) is 4.79 Å². The molecule has 0 aromatic heterocycles. The number of hydrogen-bond donors (Lipinski definition) is 1. The van der Waals surface area contributed by atoms with Gasteiger partial charge in [0, 0.05) is 17.2 Å². The van der Waals surface area contributed by atoms with Crippen molar-refractivity contribution in [3.8, 4) is 5.75 Å². The maximum absolute atomic E-state index is 12.0. The first-order chi connectivity index (χ1) is 10.1. The Bertz CT molecular complexity index is 666. The topological polar surface area (TPSA) is 38.3 Å². The lowest BCUT2D eigenvalue weighted by Crippen LogP contribution is -2.09. The van der Waals surface area contributed by atoms with Gasteiger partial charge in [-0.15, -0.1) is 0 Å². The zero-order chi connectivity index (χ0) is 15.2. The van der Waals surface area contributed by atoms with Crippen LogP contribution < -0.4 is 10.1 Å². The number of rotatable bonds is 4. The molecule has 0 saturated carbocycles. The van der Waals surface area contributed by atoms with Crippen molar-refractivity contribution in [1.82, 2.24) is 0 Å². The molecule has 0 heterocycles. The number of carbonyl (C=O) groups is 1. The third-order valence-electron chi connectivity index (χ3n) is 2.97. The predicted octanol–water partition coefficient (Wildman–Crippen LogP) is 4.31. The van der Waals surface area contributed by atoms with E-state index >= 15 is 0 Å². The van der Waals surface area contributed by atoms with E-state index in [4.69, 9.17) is 16.3 Å². The highest BCUT2D eigenvalue weighted by Gasteiger charge is 2.08. The zero-order valence-electron chi connectivity index (χ0n) is 11.9. The van der Waals surface area contributed by atoms with Crippen LogP contribution in [0.2, 0.25) is 5.02 Å². The smallest absolute Gasteiger partial charge is 0.248 e. The van der Waals surface area contributed by atoms with Gasteiger partial charge in [0.15, 0.2) is 0 Å². The lowest BCUT2D eigenvalue weighted by molar-refractivity contribution is -0.111. The molecule has 108 valence electrons. The van der Waals surface area contributed by atoms with Crippen LogP contribution in [0, 0.1) is 6.92 Å². The SMILES string of the molecule is COc1cc(Cl)c(C)cc1NC(=O)/C=C\c1ccccc1. The molecule has 0 unspecified atom stereocenters. The van der Waals surface area contributed by atoms with E-state index in [1.165, 1.54) is 13.2 Å². The minimum absolute atomic E-state index is 0.223.